The molecule has 3 heterocycles. The van der Waals surface area contributed by atoms with Gasteiger partial charge in [0.05, 0.1) is 16.7 Å². The van der Waals surface area contributed by atoms with Crippen LogP contribution in [0.2, 0.25) is 0 Å². The van der Waals surface area contributed by atoms with Gasteiger partial charge in [0.2, 0.25) is 0 Å². The number of ether oxygens (including phenoxy) is 1. The topological polar surface area (TPSA) is 30.9 Å². The summed E-state index contributed by atoms with van der Waals surface area (Å²) in [7, 11) is 0. The first-order valence-corrected chi connectivity index (χ1v) is 20.1. The first-order chi connectivity index (χ1) is 28.1. The Bertz CT molecular complexity index is 3000. The Balaban J connectivity index is 0.00000436. The maximum Gasteiger partial charge on any atom is 0.268 e. The van der Waals surface area contributed by atoms with Crippen LogP contribution in [0.15, 0.2) is 170 Å². The first-order valence-electron chi connectivity index (χ1n) is 19.3. The van der Waals surface area contributed by atoms with Crippen LogP contribution in [0.4, 0.5) is 0 Å². The molecule has 0 saturated heterocycles. The molecule has 3 aromatic heterocycles. The fourth-order valence-corrected chi connectivity index (χ4v) is 9.18. The largest absolute Gasteiger partial charge is 0.503 e. The number of aromatic nitrogens is 3. The molecule has 0 spiro atoms. The second-order valence-electron chi connectivity index (χ2n) is 14.7. The summed E-state index contributed by atoms with van der Waals surface area (Å²) in [6, 6.07) is 63.9. The van der Waals surface area contributed by atoms with Crippen LogP contribution < -0.4 is 9.30 Å². The van der Waals surface area contributed by atoms with Gasteiger partial charge in [-0.2, -0.15) is 12.1 Å². The van der Waals surface area contributed by atoms with Gasteiger partial charge in [0.25, 0.3) is 6.33 Å². The fraction of sp³-hybridized carbons (Fsp3) is 0.0769. The normalized spacial score (nSPS) is 11.4. The Hall–Kier alpha value is -6.13. The van der Waals surface area contributed by atoms with Gasteiger partial charge in [-0.05, 0) is 62.7 Å². The van der Waals surface area contributed by atoms with Crippen molar-refractivity contribution in [1.29, 1.82) is 0 Å². The third-order valence-electron chi connectivity index (χ3n) is 10.4. The SMILES string of the molecule is CC(C)Cc1cccc2c1sc1c(-c3[c-]c(Oc4[c-]c(-n5[c-][n+](-c6c(-c7ccccc7)cccc6-c6ccccc6)c6ccccc65)ccc4)ccc3)nccc12.[Pt]. The van der Waals surface area contributed by atoms with Crippen LogP contribution in [0.5, 0.6) is 11.5 Å². The van der Waals surface area contributed by atoms with E-state index in [4.69, 9.17) is 9.72 Å². The Kier molecular flexibility index (Phi) is 10.3. The molecule has 0 amide bonds. The zero-order valence-electron chi connectivity index (χ0n) is 31.9. The minimum atomic E-state index is 0. The molecule has 0 unspecified atom stereocenters. The summed E-state index contributed by atoms with van der Waals surface area (Å²) in [5.74, 6) is 1.76. The molecule has 0 bridgehead atoms. The predicted molar refractivity (Wildman–Crippen MR) is 233 cm³/mol. The zero-order chi connectivity index (χ0) is 38.3. The number of benzene rings is 7. The summed E-state index contributed by atoms with van der Waals surface area (Å²) in [5.41, 5.74) is 11.6. The molecular formula is C52H37N3OPtS-2. The smallest absolute Gasteiger partial charge is 0.268 e. The van der Waals surface area contributed by atoms with Gasteiger partial charge < -0.3 is 14.3 Å². The van der Waals surface area contributed by atoms with Crippen LogP contribution >= 0.6 is 11.3 Å². The molecule has 0 atom stereocenters. The van der Waals surface area contributed by atoms with Crippen molar-refractivity contribution in [3.63, 3.8) is 0 Å². The van der Waals surface area contributed by atoms with E-state index in [1.54, 1.807) is 0 Å². The van der Waals surface area contributed by atoms with Gasteiger partial charge in [-0.15, -0.1) is 47.2 Å². The molecule has 58 heavy (non-hydrogen) atoms. The van der Waals surface area contributed by atoms with Crippen LogP contribution in [0.25, 0.3) is 76.1 Å². The molecule has 6 heteroatoms. The van der Waals surface area contributed by atoms with Gasteiger partial charge >= 0.3 is 0 Å². The van der Waals surface area contributed by atoms with Gasteiger partial charge in [0, 0.05) is 53.9 Å². The van der Waals surface area contributed by atoms with E-state index in [0.29, 0.717) is 17.4 Å². The average molecular weight is 947 g/mol. The van der Waals surface area contributed by atoms with Crippen molar-refractivity contribution >= 4 is 42.5 Å². The molecule has 7 aromatic carbocycles. The van der Waals surface area contributed by atoms with Crippen molar-refractivity contribution in [3.8, 4) is 56.4 Å². The molecule has 4 nitrogen and oxygen atoms in total. The molecule has 0 fully saturated rings. The van der Waals surface area contributed by atoms with Gasteiger partial charge in [0.1, 0.15) is 0 Å². The van der Waals surface area contributed by atoms with E-state index < -0.39 is 0 Å². The first kappa shape index (κ1) is 37.4. The number of nitrogens with zero attached hydrogens (tertiary/aromatic N) is 3. The van der Waals surface area contributed by atoms with Crippen molar-refractivity contribution < 1.29 is 30.4 Å². The summed E-state index contributed by atoms with van der Waals surface area (Å²) < 4.78 is 13.3. The maximum absolute atomic E-state index is 6.52. The third kappa shape index (κ3) is 6.95. The number of hydrogen-bond donors (Lipinski definition) is 0. The Morgan fingerprint density at radius 2 is 1.28 bits per heavy atom. The van der Waals surface area contributed by atoms with E-state index in [9.17, 15) is 0 Å². The van der Waals surface area contributed by atoms with Crippen molar-refractivity contribution in [3.05, 3.63) is 194 Å². The van der Waals surface area contributed by atoms with Crippen molar-refractivity contribution in [2.24, 2.45) is 5.92 Å². The number of hydrogen-bond acceptors (Lipinski definition) is 3. The van der Waals surface area contributed by atoms with E-state index in [0.717, 1.165) is 62.3 Å². The number of rotatable bonds is 9. The van der Waals surface area contributed by atoms with Crippen molar-refractivity contribution in [2.45, 2.75) is 20.3 Å². The van der Waals surface area contributed by atoms with Crippen molar-refractivity contribution in [1.82, 2.24) is 9.55 Å². The van der Waals surface area contributed by atoms with E-state index in [1.165, 1.54) is 25.7 Å². The quantitative estimate of drug-likeness (QED) is 0.107. The van der Waals surface area contributed by atoms with Crippen LogP contribution in [0.3, 0.4) is 0 Å². The van der Waals surface area contributed by atoms with Gasteiger partial charge in [-0.1, -0.05) is 141 Å². The predicted octanol–water partition coefficient (Wildman–Crippen LogP) is 13.1. The number of para-hydroxylation sites is 3. The van der Waals surface area contributed by atoms with E-state index >= 15 is 0 Å². The maximum atomic E-state index is 6.52. The zero-order valence-corrected chi connectivity index (χ0v) is 35.0. The van der Waals surface area contributed by atoms with Crippen LogP contribution in [-0.2, 0) is 27.5 Å². The Morgan fingerprint density at radius 1 is 0.638 bits per heavy atom. The molecule has 10 aromatic rings. The molecule has 0 aliphatic rings. The van der Waals surface area contributed by atoms with E-state index in [1.807, 2.05) is 47.9 Å². The minimum absolute atomic E-state index is 0. The summed E-state index contributed by atoms with van der Waals surface area (Å²) >= 11 is 1.82. The Morgan fingerprint density at radius 3 is 2.02 bits per heavy atom. The summed E-state index contributed by atoms with van der Waals surface area (Å²) in [4.78, 5) is 4.88. The standard InChI is InChI=1S/C52H37N3OS.Pt/c1-35(2)31-39-20-12-26-45-46-29-30-53-49(52(46)57-51(39)45)38-19-11-22-41(32-38)56-42-23-13-21-40(33-42)54-34-55(48-28-10-9-27-47(48)54)50-43(36-15-5-3-6-16-36)24-14-25-44(50)37-17-7-4-8-18-37;/h3-30,35H,31H2,1-2H3;/q-2;. The summed E-state index contributed by atoms with van der Waals surface area (Å²) in [6.07, 6.45) is 6.69. The van der Waals surface area contributed by atoms with Crippen LogP contribution in [0, 0.1) is 24.4 Å². The van der Waals surface area contributed by atoms with Gasteiger partial charge in [-0.25, -0.2) is 0 Å². The summed E-state index contributed by atoms with van der Waals surface area (Å²) in [6.45, 7) is 4.55. The summed E-state index contributed by atoms with van der Waals surface area (Å²) in [5, 5.41) is 2.51. The molecule has 0 N–H and O–H groups in total. The molecule has 0 aliphatic heterocycles. The average Bonchev–Trinajstić information content (AvgIpc) is 3.84. The Labute approximate surface area is 356 Å². The fourth-order valence-electron chi connectivity index (χ4n) is 7.86. The van der Waals surface area contributed by atoms with Gasteiger partial charge in [0.15, 0.2) is 0 Å². The number of fused-ring (bicyclic) bond motifs is 4. The molecule has 0 aliphatic carbocycles. The van der Waals surface area contributed by atoms with E-state index in [2.05, 4.69) is 175 Å². The number of pyridine rings is 1. The van der Waals surface area contributed by atoms with Gasteiger partial charge in [-0.3, -0.25) is 4.57 Å². The molecule has 0 radical (unpaired) electrons. The second-order valence-corrected chi connectivity index (χ2v) is 15.7. The van der Waals surface area contributed by atoms with Crippen LogP contribution in [0.1, 0.15) is 19.4 Å². The second kappa shape index (κ2) is 16.0. The molecule has 284 valence electrons. The molecule has 0 saturated carbocycles. The molecular weight excluding hydrogens is 910 g/mol. The number of imidazole rings is 1. The van der Waals surface area contributed by atoms with E-state index in [-0.39, 0.29) is 21.1 Å². The van der Waals surface area contributed by atoms with Crippen molar-refractivity contribution in [2.75, 3.05) is 0 Å². The molecule has 10 rings (SSSR count). The minimum Gasteiger partial charge on any atom is -0.503 e. The number of thiophene rings is 1. The monoisotopic (exact) mass is 946 g/mol. The third-order valence-corrected chi connectivity index (χ3v) is 11.7. The van der Waals surface area contributed by atoms with Crippen LogP contribution in [-0.4, -0.2) is 9.55 Å².